The third-order valence-corrected chi connectivity index (χ3v) is 1.88. The summed E-state index contributed by atoms with van der Waals surface area (Å²) in [6.45, 7) is 0. The van der Waals surface area contributed by atoms with Crippen LogP contribution >= 0.6 is 0 Å². The summed E-state index contributed by atoms with van der Waals surface area (Å²) in [5.74, 6) is 0. The van der Waals surface area contributed by atoms with Crippen molar-refractivity contribution in [1.82, 2.24) is 0 Å². The Kier molecular flexibility index (Phi) is 3.12. The second-order valence-electron chi connectivity index (χ2n) is 2.79. The molecular weight excluding hydrogens is 130 g/mol. The molecule has 0 spiro atoms. The van der Waals surface area contributed by atoms with Gasteiger partial charge < -0.3 is 9.84 Å². The van der Waals surface area contributed by atoms with Crippen molar-refractivity contribution in [2.75, 3.05) is 0 Å². The first-order valence-corrected chi connectivity index (χ1v) is 3.88. The van der Waals surface area contributed by atoms with E-state index in [1.807, 2.05) is 0 Å². The maximum atomic E-state index is 8.66. The highest BCUT2D eigenvalue weighted by atomic mass is 16.6. The smallest absolute Gasteiger partial charge is 0.211 e. The summed E-state index contributed by atoms with van der Waals surface area (Å²) in [4.78, 5) is 0. The molecule has 1 fully saturated rings. The van der Waals surface area contributed by atoms with Gasteiger partial charge in [0.05, 0.1) is 6.10 Å². The number of rotatable bonds is 2. The van der Waals surface area contributed by atoms with Crippen LogP contribution in [0, 0.1) is 0 Å². The minimum Gasteiger partial charge on any atom is -0.356 e. The quantitative estimate of drug-likeness (QED) is 0.558. The number of nitrogens with two attached hydrogens (primary N) is 1. The zero-order valence-corrected chi connectivity index (χ0v) is 6.12. The van der Waals surface area contributed by atoms with Gasteiger partial charge >= 0.3 is 0 Å². The van der Waals surface area contributed by atoms with E-state index in [2.05, 4.69) is 0 Å². The minimum absolute atomic E-state index is 0.203. The monoisotopic (exact) mass is 145 g/mol. The number of aliphatic hydroxyl groups excluding tert-OH is 1. The van der Waals surface area contributed by atoms with Gasteiger partial charge in [-0.3, -0.25) is 5.73 Å². The molecule has 0 heterocycles. The van der Waals surface area contributed by atoms with E-state index >= 15 is 0 Å². The first-order chi connectivity index (χ1) is 4.79. The van der Waals surface area contributed by atoms with Crippen LogP contribution in [-0.2, 0) is 4.74 Å². The topological polar surface area (TPSA) is 55.5 Å². The van der Waals surface area contributed by atoms with Gasteiger partial charge in [-0.1, -0.05) is 19.3 Å². The molecule has 0 aromatic rings. The molecule has 0 radical (unpaired) electrons. The van der Waals surface area contributed by atoms with Crippen molar-refractivity contribution in [3.05, 3.63) is 0 Å². The zero-order chi connectivity index (χ0) is 7.40. The fourth-order valence-corrected chi connectivity index (χ4v) is 1.40. The fourth-order valence-electron chi connectivity index (χ4n) is 1.40. The molecule has 0 bridgehead atoms. The van der Waals surface area contributed by atoms with Crippen molar-refractivity contribution in [1.29, 1.82) is 0 Å². The van der Waals surface area contributed by atoms with Crippen LogP contribution < -0.4 is 5.73 Å². The number of hydrogen-bond acceptors (Lipinski definition) is 3. The van der Waals surface area contributed by atoms with Gasteiger partial charge in [-0.15, -0.1) is 0 Å². The highest BCUT2D eigenvalue weighted by Gasteiger charge is 2.15. The maximum Gasteiger partial charge on any atom is 0.211 e. The van der Waals surface area contributed by atoms with Gasteiger partial charge in [0.1, 0.15) is 0 Å². The predicted molar refractivity (Wildman–Crippen MR) is 38.2 cm³/mol. The van der Waals surface area contributed by atoms with Crippen LogP contribution in [0.5, 0.6) is 0 Å². The summed E-state index contributed by atoms with van der Waals surface area (Å²) in [5, 5.41) is 8.66. The van der Waals surface area contributed by atoms with Crippen LogP contribution in [0.1, 0.15) is 32.1 Å². The lowest BCUT2D eigenvalue weighted by atomic mass is 9.98. The Balaban J connectivity index is 2.13. The molecule has 1 atom stereocenters. The Morgan fingerprint density at radius 1 is 1.30 bits per heavy atom. The van der Waals surface area contributed by atoms with Gasteiger partial charge in [0.25, 0.3) is 0 Å². The molecule has 1 saturated carbocycles. The van der Waals surface area contributed by atoms with Gasteiger partial charge in [-0.2, -0.15) is 0 Å². The van der Waals surface area contributed by atoms with E-state index in [9.17, 15) is 0 Å². The van der Waals surface area contributed by atoms with E-state index < -0.39 is 6.41 Å². The molecule has 0 aliphatic heterocycles. The molecule has 0 aromatic carbocycles. The molecule has 1 aliphatic rings. The number of hydrogen-bond donors (Lipinski definition) is 2. The summed E-state index contributed by atoms with van der Waals surface area (Å²) in [6.07, 6.45) is 4.93. The van der Waals surface area contributed by atoms with Crippen molar-refractivity contribution >= 4 is 0 Å². The average Bonchev–Trinajstić information content (AvgIpc) is 1.88. The van der Waals surface area contributed by atoms with Gasteiger partial charge in [0, 0.05) is 0 Å². The Morgan fingerprint density at radius 3 is 2.40 bits per heavy atom. The Hall–Kier alpha value is -0.120. The predicted octanol–water partition coefficient (Wildman–Crippen LogP) is 0.570. The standard InChI is InChI=1S/C7H15NO2/c8-7(9)10-6-4-2-1-3-5-6/h6-7,9H,1-5,8H2. The Morgan fingerprint density at radius 2 is 1.90 bits per heavy atom. The van der Waals surface area contributed by atoms with E-state index in [1.54, 1.807) is 0 Å². The molecule has 0 aromatic heterocycles. The first kappa shape index (κ1) is 7.98. The van der Waals surface area contributed by atoms with Gasteiger partial charge in [-0.05, 0) is 12.8 Å². The second kappa shape index (κ2) is 3.91. The van der Waals surface area contributed by atoms with Crippen molar-refractivity contribution < 1.29 is 9.84 Å². The number of ether oxygens (including phenoxy) is 1. The molecule has 0 saturated heterocycles. The number of aliphatic hydroxyl groups is 1. The maximum absolute atomic E-state index is 8.66. The molecule has 3 heteroatoms. The lowest BCUT2D eigenvalue weighted by Crippen LogP contribution is -2.30. The van der Waals surface area contributed by atoms with Crippen molar-refractivity contribution in [2.24, 2.45) is 5.73 Å². The molecular formula is C7H15NO2. The largest absolute Gasteiger partial charge is 0.356 e. The first-order valence-electron chi connectivity index (χ1n) is 3.88. The summed E-state index contributed by atoms with van der Waals surface area (Å²) >= 11 is 0. The second-order valence-corrected chi connectivity index (χ2v) is 2.79. The van der Waals surface area contributed by atoms with Crippen molar-refractivity contribution in [2.45, 2.75) is 44.6 Å². The normalized spacial score (nSPS) is 24.6. The summed E-state index contributed by atoms with van der Waals surface area (Å²) in [6, 6.07) is 0. The Bertz CT molecular complexity index is 89.6. The van der Waals surface area contributed by atoms with E-state index in [1.165, 1.54) is 19.3 Å². The molecule has 3 N–H and O–H groups in total. The van der Waals surface area contributed by atoms with Crippen molar-refractivity contribution in [3.63, 3.8) is 0 Å². The van der Waals surface area contributed by atoms with Gasteiger partial charge in [0.2, 0.25) is 6.41 Å². The highest BCUT2D eigenvalue weighted by Crippen LogP contribution is 2.20. The fraction of sp³-hybridized carbons (Fsp3) is 1.00. The summed E-state index contributed by atoms with van der Waals surface area (Å²) in [7, 11) is 0. The average molecular weight is 145 g/mol. The van der Waals surface area contributed by atoms with Crippen LogP contribution in [-0.4, -0.2) is 17.6 Å². The van der Waals surface area contributed by atoms with Crippen molar-refractivity contribution in [3.8, 4) is 0 Å². The lowest BCUT2D eigenvalue weighted by molar-refractivity contribution is -0.139. The lowest BCUT2D eigenvalue weighted by Gasteiger charge is -2.22. The molecule has 1 rings (SSSR count). The third-order valence-electron chi connectivity index (χ3n) is 1.88. The van der Waals surface area contributed by atoms with E-state index in [0.29, 0.717) is 0 Å². The summed E-state index contributed by atoms with van der Waals surface area (Å²) < 4.78 is 5.02. The Labute approximate surface area is 61.2 Å². The van der Waals surface area contributed by atoms with E-state index in [0.717, 1.165) is 12.8 Å². The summed E-state index contributed by atoms with van der Waals surface area (Å²) in [5.41, 5.74) is 5.06. The van der Waals surface area contributed by atoms with E-state index in [-0.39, 0.29) is 6.10 Å². The SMILES string of the molecule is NC(O)OC1CCCCC1. The highest BCUT2D eigenvalue weighted by molar-refractivity contribution is 4.64. The van der Waals surface area contributed by atoms with Crippen LogP contribution in [0.3, 0.4) is 0 Å². The van der Waals surface area contributed by atoms with Crippen LogP contribution in [0.4, 0.5) is 0 Å². The molecule has 3 nitrogen and oxygen atoms in total. The van der Waals surface area contributed by atoms with Gasteiger partial charge in [-0.25, -0.2) is 0 Å². The minimum atomic E-state index is -1.08. The van der Waals surface area contributed by atoms with Crippen LogP contribution in [0.2, 0.25) is 0 Å². The molecule has 1 unspecified atom stereocenters. The van der Waals surface area contributed by atoms with Crippen LogP contribution in [0.15, 0.2) is 0 Å². The van der Waals surface area contributed by atoms with Crippen LogP contribution in [0.25, 0.3) is 0 Å². The molecule has 1 aliphatic carbocycles. The van der Waals surface area contributed by atoms with E-state index in [4.69, 9.17) is 15.6 Å². The third kappa shape index (κ3) is 2.64. The zero-order valence-electron chi connectivity index (χ0n) is 6.12. The molecule has 60 valence electrons. The van der Waals surface area contributed by atoms with Gasteiger partial charge in [0.15, 0.2) is 0 Å². The molecule has 0 amide bonds. The molecule has 10 heavy (non-hydrogen) atoms.